The molecule has 1 N–H and O–H groups in total. The minimum absolute atomic E-state index is 0.149. The van der Waals surface area contributed by atoms with Gasteiger partial charge >= 0.3 is 5.97 Å². The summed E-state index contributed by atoms with van der Waals surface area (Å²) in [7, 11) is 0. The molecule has 1 aromatic carbocycles. The lowest BCUT2D eigenvalue weighted by Gasteiger charge is -2.43. The quantitative estimate of drug-likeness (QED) is 0.254. The number of carbonyl (C=O) groups excluding carboxylic acids is 1. The molecule has 0 saturated carbocycles. The topological polar surface area (TPSA) is 76.6 Å². The van der Waals surface area contributed by atoms with Gasteiger partial charge in [-0.25, -0.2) is 9.78 Å². The van der Waals surface area contributed by atoms with Crippen molar-refractivity contribution in [2.24, 2.45) is 0 Å². The Morgan fingerprint density at radius 3 is 2.72 bits per heavy atom. The van der Waals surface area contributed by atoms with Crippen LogP contribution in [0.25, 0.3) is 10.8 Å². The van der Waals surface area contributed by atoms with Crippen molar-refractivity contribution in [2.75, 3.05) is 25.0 Å². The highest BCUT2D eigenvalue weighted by Gasteiger charge is 2.40. The zero-order valence-electron chi connectivity index (χ0n) is 23.8. The molecule has 7 nitrogen and oxygen atoms in total. The first-order valence-corrected chi connectivity index (χ1v) is 14.4. The second kappa shape index (κ2) is 12.0. The average molecular weight is 531 g/mol. The third-order valence-corrected chi connectivity index (χ3v) is 7.75. The number of likely N-dealkylation sites (tertiary alicyclic amines) is 1. The molecule has 5 rings (SSSR count). The first-order valence-electron chi connectivity index (χ1n) is 14.4. The Balaban J connectivity index is 1.10. The SMILES string of the molecule is Cc1nccc2c(C(C(=O)OC(C)(C)C)N3CC(OCCCCCC4CCc5cccnc5N4)C3)cccc12. The number of rotatable bonds is 10. The Morgan fingerprint density at radius 2 is 1.90 bits per heavy atom. The van der Waals surface area contributed by atoms with Gasteiger partial charge in [-0.2, -0.15) is 0 Å². The van der Waals surface area contributed by atoms with Crippen molar-refractivity contribution in [1.82, 2.24) is 14.9 Å². The van der Waals surface area contributed by atoms with Crippen LogP contribution in [-0.2, 0) is 20.7 Å². The number of carbonyl (C=O) groups is 1. The van der Waals surface area contributed by atoms with Crippen LogP contribution in [-0.4, -0.2) is 58.3 Å². The van der Waals surface area contributed by atoms with Crippen LogP contribution < -0.4 is 5.32 Å². The fourth-order valence-electron chi connectivity index (χ4n) is 5.73. The van der Waals surface area contributed by atoms with Crippen molar-refractivity contribution < 1.29 is 14.3 Å². The predicted octanol–water partition coefficient (Wildman–Crippen LogP) is 6.01. The maximum absolute atomic E-state index is 13.4. The Hall–Kier alpha value is -3.03. The van der Waals surface area contributed by atoms with Crippen molar-refractivity contribution in [3.05, 3.63) is 65.6 Å². The molecule has 1 saturated heterocycles. The zero-order chi connectivity index (χ0) is 27.4. The minimum Gasteiger partial charge on any atom is -0.459 e. The smallest absolute Gasteiger partial charge is 0.328 e. The fourth-order valence-corrected chi connectivity index (χ4v) is 5.73. The molecular formula is C32H42N4O3. The molecule has 2 aliphatic rings. The summed E-state index contributed by atoms with van der Waals surface area (Å²) in [5.41, 5.74) is 2.71. The van der Waals surface area contributed by atoms with Crippen molar-refractivity contribution in [2.45, 2.75) is 90.0 Å². The number of unbranched alkanes of at least 4 members (excludes halogenated alkanes) is 2. The molecule has 2 unspecified atom stereocenters. The Labute approximate surface area is 232 Å². The maximum Gasteiger partial charge on any atom is 0.328 e. The first-order chi connectivity index (χ1) is 18.8. The van der Waals surface area contributed by atoms with Gasteiger partial charge in [-0.05, 0) is 82.0 Å². The van der Waals surface area contributed by atoms with Crippen molar-refractivity contribution in [3.8, 4) is 0 Å². The minimum atomic E-state index is -0.550. The highest BCUT2D eigenvalue weighted by Crippen LogP contribution is 2.34. The van der Waals surface area contributed by atoms with Gasteiger partial charge in [0.2, 0.25) is 0 Å². The number of nitrogens with zero attached hydrogens (tertiary/aromatic N) is 3. The Bertz CT molecular complexity index is 1280. The normalized spacial score (nSPS) is 18.7. The summed E-state index contributed by atoms with van der Waals surface area (Å²) in [4.78, 5) is 24.5. The molecule has 1 fully saturated rings. The number of anilines is 1. The molecule has 0 amide bonds. The second-order valence-electron chi connectivity index (χ2n) is 12.0. The van der Waals surface area contributed by atoms with Crippen molar-refractivity contribution >= 4 is 22.6 Å². The molecule has 2 aliphatic heterocycles. The number of aromatic nitrogens is 2. The molecular weight excluding hydrogens is 488 g/mol. The summed E-state index contributed by atoms with van der Waals surface area (Å²) in [6.07, 6.45) is 10.7. The van der Waals surface area contributed by atoms with Gasteiger partial charge in [0.25, 0.3) is 0 Å². The van der Waals surface area contributed by atoms with Crippen LogP contribution in [0.1, 0.15) is 75.7 Å². The Morgan fingerprint density at radius 1 is 1.05 bits per heavy atom. The average Bonchev–Trinajstić information content (AvgIpc) is 2.88. The van der Waals surface area contributed by atoms with Crippen LogP contribution in [0.2, 0.25) is 0 Å². The van der Waals surface area contributed by atoms with Gasteiger partial charge in [0, 0.05) is 49.2 Å². The van der Waals surface area contributed by atoms with Gasteiger partial charge in [-0.1, -0.05) is 37.1 Å². The number of esters is 1. The van der Waals surface area contributed by atoms with E-state index < -0.39 is 11.6 Å². The highest BCUT2D eigenvalue weighted by molar-refractivity contribution is 5.92. The summed E-state index contributed by atoms with van der Waals surface area (Å²) in [6.45, 7) is 9.97. The molecule has 0 radical (unpaired) electrons. The Kier molecular flexibility index (Phi) is 8.48. The van der Waals surface area contributed by atoms with Gasteiger partial charge in [-0.3, -0.25) is 9.88 Å². The van der Waals surface area contributed by atoms with Gasteiger partial charge in [0.1, 0.15) is 17.5 Å². The van der Waals surface area contributed by atoms with E-state index in [1.54, 1.807) is 0 Å². The lowest BCUT2D eigenvalue weighted by Crippen LogP contribution is -2.55. The van der Waals surface area contributed by atoms with E-state index in [1.807, 2.05) is 64.4 Å². The summed E-state index contributed by atoms with van der Waals surface area (Å²) in [6, 6.07) is 12.4. The fraction of sp³-hybridized carbons (Fsp3) is 0.531. The van der Waals surface area contributed by atoms with E-state index in [1.165, 1.54) is 24.8 Å². The van der Waals surface area contributed by atoms with Gasteiger partial charge in [0.15, 0.2) is 0 Å². The van der Waals surface area contributed by atoms with Gasteiger partial charge < -0.3 is 14.8 Å². The zero-order valence-corrected chi connectivity index (χ0v) is 23.8. The summed E-state index contributed by atoms with van der Waals surface area (Å²) in [5, 5.41) is 5.72. The molecule has 7 heteroatoms. The van der Waals surface area contributed by atoms with Crippen LogP contribution >= 0.6 is 0 Å². The van der Waals surface area contributed by atoms with Crippen LogP contribution in [0, 0.1) is 6.92 Å². The number of pyridine rings is 2. The van der Waals surface area contributed by atoms with E-state index in [0.29, 0.717) is 6.04 Å². The second-order valence-corrected chi connectivity index (χ2v) is 12.0. The van der Waals surface area contributed by atoms with E-state index >= 15 is 0 Å². The predicted molar refractivity (Wildman–Crippen MR) is 155 cm³/mol. The number of ether oxygens (including phenoxy) is 2. The molecule has 0 aliphatic carbocycles. The van der Waals surface area contributed by atoms with Crippen molar-refractivity contribution in [1.29, 1.82) is 0 Å². The number of aryl methyl sites for hydroxylation is 2. The van der Waals surface area contributed by atoms with Crippen molar-refractivity contribution in [3.63, 3.8) is 0 Å². The van der Waals surface area contributed by atoms with E-state index in [-0.39, 0.29) is 12.1 Å². The molecule has 2 atom stereocenters. The number of nitrogens with one attached hydrogen (secondary N) is 1. The largest absolute Gasteiger partial charge is 0.459 e. The van der Waals surface area contributed by atoms with E-state index in [4.69, 9.17) is 9.47 Å². The third kappa shape index (κ3) is 6.76. The molecule has 0 bridgehead atoms. The summed E-state index contributed by atoms with van der Waals surface area (Å²) in [5.74, 6) is 0.851. The van der Waals surface area contributed by atoms with E-state index in [9.17, 15) is 4.79 Å². The standard InChI is InChI=1S/C32H42N4O3/c1-22-26-12-8-13-28(27(26)16-18-33-22)29(31(37)39-32(2,3)4)36-20-25(21-36)38-19-7-5-6-11-24-15-14-23-10-9-17-34-30(23)35-24/h8-10,12-13,16-18,24-25,29H,5-7,11,14-15,19-21H2,1-4H3,(H,34,35). The summed E-state index contributed by atoms with van der Waals surface area (Å²) >= 11 is 0. The summed E-state index contributed by atoms with van der Waals surface area (Å²) < 4.78 is 12.1. The van der Waals surface area contributed by atoms with Crippen LogP contribution in [0.5, 0.6) is 0 Å². The van der Waals surface area contributed by atoms with Crippen LogP contribution in [0.15, 0.2) is 48.8 Å². The molecule has 3 aromatic rings. The molecule has 39 heavy (non-hydrogen) atoms. The van der Waals surface area contributed by atoms with Gasteiger partial charge in [0.05, 0.1) is 6.10 Å². The first kappa shape index (κ1) is 27.5. The number of benzene rings is 1. The monoisotopic (exact) mass is 530 g/mol. The maximum atomic E-state index is 13.4. The number of hydrogen-bond acceptors (Lipinski definition) is 7. The lowest BCUT2D eigenvalue weighted by molar-refractivity contribution is -0.168. The van der Waals surface area contributed by atoms with Crippen LogP contribution in [0.3, 0.4) is 0 Å². The van der Waals surface area contributed by atoms with Crippen LogP contribution in [0.4, 0.5) is 5.82 Å². The molecule has 208 valence electrons. The third-order valence-electron chi connectivity index (χ3n) is 7.75. The molecule has 0 spiro atoms. The van der Waals surface area contributed by atoms with E-state index in [2.05, 4.69) is 32.3 Å². The lowest BCUT2D eigenvalue weighted by atomic mass is 9.94. The number of fused-ring (bicyclic) bond motifs is 2. The van der Waals surface area contributed by atoms with E-state index in [0.717, 1.165) is 66.8 Å². The molecule has 2 aromatic heterocycles. The molecule has 4 heterocycles. The number of hydrogen-bond donors (Lipinski definition) is 1. The van der Waals surface area contributed by atoms with Gasteiger partial charge in [-0.15, -0.1) is 0 Å². The highest BCUT2D eigenvalue weighted by atomic mass is 16.6.